The highest BCUT2D eigenvalue weighted by molar-refractivity contribution is 5.79. The van der Waals surface area contributed by atoms with Gasteiger partial charge in [-0.15, -0.1) is 0 Å². The first-order valence-corrected chi connectivity index (χ1v) is 6.06. The molecular weight excluding hydrogens is 214 g/mol. The Morgan fingerprint density at radius 3 is 2.35 bits per heavy atom. The molecule has 1 rings (SSSR count). The number of para-hydroxylation sites is 1. The maximum absolute atomic E-state index is 5.55. The van der Waals surface area contributed by atoms with Gasteiger partial charge in [0.2, 0.25) is 0 Å². The minimum atomic E-state index is 0.588. The van der Waals surface area contributed by atoms with Crippen LogP contribution in [0.2, 0.25) is 0 Å². The van der Waals surface area contributed by atoms with Crippen molar-refractivity contribution in [3.8, 4) is 5.75 Å². The quantitative estimate of drug-likeness (QED) is 0.447. The molecule has 2 N–H and O–H groups in total. The Balaban J connectivity index is 2.27. The molecule has 1 aromatic rings. The fourth-order valence-electron chi connectivity index (χ4n) is 1.35. The van der Waals surface area contributed by atoms with Crippen LogP contribution >= 0.6 is 0 Å². The highest BCUT2D eigenvalue weighted by atomic mass is 16.5. The summed E-state index contributed by atoms with van der Waals surface area (Å²) in [5.41, 5.74) is 0. The van der Waals surface area contributed by atoms with Crippen molar-refractivity contribution < 1.29 is 4.74 Å². The number of guanidine groups is 1. The highest BCUT2D eigenvalue weighted by Crippen LogP contribution is 2.07. The molecule has 0 saturated heterocycles. The van der Waals surface area contributed by atoms with Crippen molar-refractivity contribution >= 4 is 5.96 Å². The summed E-state index contributed by atoms with van der Waals surface area (Å²) in [4.78, 5) is 4.39. The van der Waals surface area contributed by atoms with Crippen LogP contribution in [-0.2, 0) is 0 Å². The van der Waals surface area contributed by atoms with Gasteiger partial charge in [-0.25, -0.2) is 4.99 Å². The number of benzene rings is 1. The third-order valence-electron chi connectivity index (χ3n) is 2.06. The maximum Gasteiger partial charge on any atom is 0.191 e. The van der Waals surface area contributed by atoms with Gasteiger partial charge in [0.25, 0.3) is 0 Å². The summed E-state index contributed by atoms with van der Waals surface area (Å²) < 4.78 is 5.55. The van der Waals surface area contributed by atoms with Crippen molar-refractivity contribution in [2.45, 2.75) is 13.8 Å². The van der Waals surface area contributed by atoms with Crippen molar-refractivity contribution in [2.24, 2.45) is 4.99 Å². The van der Waals surface area contributed by atoms with E-state index in [1.165, 1.54) is 0 Å². The van der Waals surface area contributed by atoms with Crippen molar-refractivity contribution in [1.82, 2.24) is 10.6 Å². The molecule has 0 heterocycles. The average Bonchev–Trinajstić information content (AvgIpc) is 2.36. The smallest absolute Gasteiger partial charge is 0.191 e. The van der Waals surface area contributed by atoms with Crippen molar-refractivity contribution in [3.63, 3.8) is 0 Å². The molecule has 0 unspecified atom stereocenters. The van der Waals surface area contributed by atoms with E-state index in [2.05, 4.69) is 15.6 Å². The van der Waals surface area contributed by atoms with E-state index in [4.69, 9.17) is 4.74 Å². The summed E-state index contributed by atoms with van der Waals surface area (Å²) in [6.45, 7) is 7.06. The molecule has 0 bridgehead atoms. The minimum absolute atomic E-state index is 0.588. The van der Waals surface area contributed by atoms with E-state index in [-0.39, 0.29) is 0 Å². The standard InChI is InChI=1S/C13H21N3O/c1-3-14-13(15-4-2)16-10-11-17-12-8-6-5-7-9-12/h5-9H,3-4,10-11H2,1-2H3,(H2,14,15,16). The van der Waals surface area contributed by atoms with Gasteiger partial charge < -0.3 is 15.4 Å². The lowest BCUT2D eigenvalue weighted by atomic mass is 10.3. The number of aliphatic imine (C=N–C) groups is 1. The number of hydrogen-bond acceptors (Lipinski definition) is 2. The Morgan fingerprint density at radius 1 is 1.12 bits per heavy atom. The third-order valence-corrected chi connectivity index (χ3v) is 2.06. The van der Waals surface area contributed by atoms with Crippen LogP contribution in [0.1, 0.15) is 13.8 Å². The van der Waals surface area contributed by atoms with E-state index < -0.39 is 0 Å². The maximum atomic E-state index is 5.55. The summed E-state index contributed by atoms with van der Waals surface area (Å²) in [6.07, 6.45) is 0. The molecule has 94 valence electrons. The van der Waals surface area contributed by atoms with Crippen molar-refractivity contribution in [2.75, 3.05) is 26.2 Å². The Bertz CT molecular complexity index is 317. The molecule has 4 heteroatoms. The molecule has 0 aromatic heterocycles. The summed E-state index contributed by atoms with van der Waals surface area (Å²) in [6, 6.07) is 9.78. The fraction of sp³-hybridized carbons (Fsp3) is 0.462. The summed E-state index contributed by atoms with van der Waals surface area (Å²) in [5.74, 6) is 1.72. The van der Waals surface area contributed by atoms with Crippen LogP contribution in [0, 0.1) is 0 Å². The molecule has 0 saturated carbocycles. The van der Waals surface area contributed by atoms with Gasteiger partial charge in [0.1, 0.15) is 12.4 Å². The largest absolute Gasteiger partial charge is 0.492 e. The number of nitrogens with one attached hydrogen (secondary N) is 2. The number of ether oxygens (including phenoxy) is 1. The second-order valence-corrected chi connectivity index (χ2v) is 3.45. The van der Waals surface area contributed by atoms with Crippen LogP contribution in [0.5, 0.6) is 5.75 Å². The lowest BCUT2D eigenvalue weighted by Gasteiger charge is -2.09. The Hall–Kier alpha value is -1.71. The van der Waals surface area contributed by atoms with Crippen LogP contribution in [0.15, 0.2) is 35.3 Å². The van der Waals surface area contributed by atoms with Crippen LogP contribution in [0.25, 0.3) is 0 Å². The summed E-state index contributed by atoms with van der Waals surface area (Å²) in [7, 11) is 0. The summed E-state index contributed by atoms with van der Waals surface area (Å²) >= 11 is 0. The first-order chi connectivity index (χ1) is 8.36. The predicted molar refractivity (Wildman–Crippen MR) is 71.6 cm³/mol. The Morgan fingerprint density at radius 2 is 1.76 bits per heavy atom. The van der Waals surface area contributed by atoms with Gasteiger partial charge in [-0.1, -0.05) is 18.2 Å². The molecule has 17 heavy (non-hydrogen) atoms. The summed E-state index contributed by atoms with van der Waals surface area (Å²) in [5, 5.41) is 6.33. The SMILES string of the molecule is CCNC(=NCCOc1ccccc1)NCC. The number of rotatable bonds is 6. The predicted octanol–water partition coefficient (Wildman–Crippen LogP) is 1.64. The molecule has 0 amide bonds. The van der Waals surface area contributed by atoms with Gasteiger partial charge in [0.05, 0.1) is 6.54 Å². The Labute approximate surface area is 103 Å². The van der Waals surface area contributed by atoms with E-state index in [1.807, 2.05) is 44.2 Å². The van der Waals surface area contributed by atoms with Crippen LogP contribution < -0.4 is 15.4 Å². The zero-order valence-corrected chi connectivity index (χ0v) is 10.6. The normalized spacial score (nSPS) is 9.53. The molecule has 0 aliphatic heterocycles. The van der Waals surface area contributed by atoms with Gasteiger partial charge in [0, 0.05) is 13.1 Å². The molecule has 0 spiro atoms. The van der Waals surface area contributed by atoms with Crippen molar-refractivity contribution in [3.05, 3.63) is 30.3 Å². The zero-order chi connectivity index (χ0) is 12.3. The second-order valence-electron chi connectivity index (χ2n) is 3.45. The van der Waals surface area contributed by atoms with Gasteiger partial charge in [-0.05, 0) is 26.0 Å². The molecule has 0 atom stereocenters. The molecule has 0 radical (unpaired) electrons. The van der Waals surface area contributed by atoms with E-state index in [0.29, 0.717) is 13.2 Å². The topological polar surface area (TPSA) is 45.7 Å². The highest BCUT2D eigenvalue weighted by Gasteiger charge is 1.94. The number of hydrogen-bond donors (Lipinski definition) is 2. The van der Waals surface area contributed by atoms with Crippen molar-refractivity contribution in [1.29, 1.82) is 0 Å². The zero-order valence-electron chi connectivity index (χ0n) is 10.6. The first kappa shape index (κ1) is 13.4. The number of nitrogens with zero attached hydrogens (tertiary/aromatic N) is 1. The molecule has 4 nitrogen and oxygen atoms in total. The molecule has 0 aliphatic carbocycles. The molecule has 0 aliphatic rings. The van der Waals surface area contributed by atoms with Gasteiger partial charge in [-0.2, -0.15) is 0 Å². The molecule has 1 aromatic carbocycles. The van der Waals surface area contributed by atoms with Crippen LogP contribution in [0.3, 0.4) is 0 Å². The van der Waals surface area contributed by atoms with E-state index in [0.717, 1.165) is 24.8 Å². The van der Waals surface area contributed by atoms with Gasteiger partial charge in [0.15, 0.2) is 5.96 Å². The average molecular weight is 235 g/mol. The van der Waals surface area contributed by atoms with E-state index in [9.17, 15) is 0 Å². The second kappa shape index (κ2) is 8.44. The third kappa shape index (κ3) is 5.80. The first-order valence-electron chi connectivity index (χ1n) is 6.06. The molecular formula is C13H21N3O. The fourth-order valence-corrected chi connectivity index (χ4v) is 1.35. The van der Waals surface area contributed by atoms with E-state index in [1.54, 1.807) is 0 Å². The van der Waals surface area contributed by atoms with Crippen LogP contribution in [0.4, 0.5) is 0 Å². The lowest BCUT2D eigenvalue weighted by molar-refractivity contribution is 0.328. The minimum Gasteiger partial charge on any atom is -0.492 e. The lowest BCUT2D eigenvalue weighted by Crippen LogP contribution is -2.37. The molecule has 0 fully saturated rings. The van der Waals surface area contributed by atoms with E-state index >= 15 is 0 Å². The van der Waals surface area contributed by atoms with Crippen LogP contribution in [-0.4, -0.2) is 32.2 Å². The Kier molecular flexibility index (Phi) is 6.63. The van der Waals surface area contributed by atoms with Gasteiger partial charge >= 0.3 is 0 Å². The monoisotopic (exact) mass is 235 g/mol. The van der Waals surface area contributed by atoms with Gasteiger partial charge in [-0.3, -0.25) is 0 Å².